The van der Waals surface area contributed by atoms with Gasteiger partial charge in [-0.1, -0.05) is 18.2 Å². The smallest absolute Gasteiger partial charge is 0.305 e. The summed E-state index contributed by atoms with van der Waals surface area (Å²) in [6, 6.07) is 12.5. The summed E-state index contributed by atoms with van der Waals surface area (Å²) < 4.78 is 23.8. The van der Waals surface area contributed by atoms with Crippen molar-refractivity contribution in [2.45, 2.75) is 20.0 Å². The van der Waals surface area contributed by atoms with Crippen molar-refractivity contribution in [2.24, 2.45) is 0 Å². The second-order valence-electron chi connectivity index (χ2n) is 5.71. The molecule has 0 aliphatic heterocycles. The Morgan fingerprint density at radius 3 is 2.46 bits per heavy atom. The van der Waals surface area contributed by atoms with Crippen LogP contribution in [0.25, 0.3) is 11.0 Å². The SMILES string of the molecule is Cc1c(C(=O)NNC(=O)C(C)Oc2ccc(F)cc2)oc2ccccc12. The lowest BCUT2D eigenvalue weighted by molar-refractivity contribution is -0.128. The van der Waals surface area contributed by atoms with E-state index >= 15 is 0 Å². The van der Waals surface area contributed by atoms with E-state index in [0.29, 0.717) is 16.9 Å². The van der Waals surface area contributed by atoms with Gasteiger partial charge in [0.25, 0.3) is 5.91 Å². The highest BCUT2D eigenvalue weighted by molar-refractivity contribution is 5.99. The van der Waals surface area contributed by atoms with Gasteiger partial charge in [0.15, 0.2) is 11.9 Å². The first kappa shape index (κ1) is 17.5. The van der Waals surface area contributed by atoms with Gasteiger partial charge >= 0.3 is 5.91 Å². The first-order valence-corrected chi connectivity index (χ1v) is 7.96. The zero-order valence-electron chi connectivity index (χ0n) is 14.2. The number of amides is 2. The summed E-state index contributed by atoms with van der Waals surface area (Å²) in [5.41, 5.74) is 5.87. The highest BCUT2D eigenvalue weighted by Crippen LogP contribution is 2.24. The van der Waals surface area contributed by atoms with Gasteiger partial charge in [0.05, 0.1) is 0 Å². The highest BCUT2D eigenvalue weighted by atomic mass is 19.1. The van der Waals surface area contributed by atoms with Gasteiger partial charge in [0.2, 0.25) is 0 Å². The molecule has 0 saturated heterocycles. The molecule has 2 aromatic carbocycles. The summed E-state index contributed by atoms with van der Waals surface area (Å²) in [7, 11) is 0. The van der Waals surface area contributed by atoms with Crippen molar-refractivity contribution in [1.29, 1.82) is 0 Å². The van der Waals surface area contributed by atoms with E-state index in [1.807, 2.05) is 18.2 Å². The minimum Gasteiger partial charge on any atom is -0.481 e. The Bertz CT molecular complexity index is 950. The van der Waals surface area contributed by atoms with Gasteiger partial charge in [-0.25, -0.2) is 4.39 Å². The van der Waals surface area contributed by atoms with E-state index in [-0.39, 0.29) is 5.76 Å². The Hall–Kier alpha value is -3.35. The van der Waals surface area contributed by atoms with Gasteiger partial charge < -0.3 is 9.15 Å². The average molecular weight is 356 g/mol. The summed E-state index contributed by atoms with van der Waals surface area (Å²) >= 11 is 0. The quantitative estimate of drug-likeness (QED) is 0.704. The molecule has 0 saturated carbocycles. The standard InChI is InChI=1S/C19H17FN2O4/c1-11-15-5-3-4-6-16(15)26-17(11)19(24)22-21-18(23)12(2)25-14-9-7-13(20)8-10-14/h3-10,12H,1-2H3,(H,21,23)(H,22,24). The van der Waals surface area contributed by atoms with E-state index in [2.05, 4.69) is 10.9 Å². The third-order valence-electron chi connectivity index (χ3n) is 3.84. The highest BCUT2D eigenvalue weighted by Gasteiger charge is 2.20. The fourth-order valence-electron chi connectivity index (χ4n) is 2.44. The number of furan rings is 1. The molecule has 3 aromatic rings. The molecule has 0 aliphatic carbocycles. The van der Waals surface area contributed by atoms with Crippen LogP contribution >= 0.6 is 0 Å². The van der Waals surface area contributed by atoms with E-state index in [1.54, 1.807) is 13.0 Å². The van der Waals surface area contributed by atoms with Crippen LogP contribution < -0.4 is 15.6 Å². The normalized spacial score (nSPS) is 11.8. The number of rotatable bonds is 4. The molecule has 134 valence electrons. The predicted octanol–water partition coefficient (Wildman–Crippen LogP) is 3.11. The maximum atomic E-state index is 12.9. The van der Waals surface area contributed by atoms with Crippen molar-refractivity contribution in [1.82, 2.24) is 10.9 Å². The number of ether oxygens (including phenoxy) is 1. The van der Waals surface area contributed by atoms with Gasteiger partial charge in [0, 0.05) is 10.9 Å². The third-order valence-corrected chi connectivity index (χ3v) is 3.84. The largest absolute Gasteiger partial charge is 0.481 e. The fraction of sp³-hybridized carbons (Fsp3) is 0.158. The van der Waals surface area contributed by atoms with Crippen LogP contribution in [0.4, 0.5) is 4.39 Å². The number of hydrogen-bond donors (Lipinski definition) is 2. The molecule has 26 heavy (non-hydrogen) atoms. The van der Waals surface area contributed by atoms with Gasteiger partial charge in [0.1, 0.15) is 17.1 Å². The van der Waals surface area contributed by atoms with Crippen LogP contribution in [0.3, 0.4) is 0 Å². The third kappa shape index (κ3) is 3.66. The number of hydrogen-bond acceptors (Lipinski definition) is 4. The van der Waals surface area contributed by atoms with Crippen LogP contribution in [-0.2, 0) is 4.79 Å². The molecule has 1 aromatic heterocycles. The zero-order valence-corrected chi connectivity index (χ0v) is 14.2. The number of fused-ring (bicyclic) bond motifs is 1. The van der Waals surface area contributed by atoms with Gasteiger partial charge in [-0.15, -0.1) is 0 Å². The van der Waals surface area contributed by atoms with Gasteiger partial charge in [-0.05, 0) is 44.2 Å². The number of carbonyl (C=O) groups excluding carboxylic acids is 2. The number of hydrazine groups is 1. The predicted molar refractivity (Wildman–Crippen MR) is 93.0 cm³/mol. The molecule has 1 unspecified atom stereocenters. The van der Waals surface area contributed by atoms with Crippen LogP contribution in [-0.4, -0.2) is 17.9 Å². The molecule has 0 fully saturated rings. The number of aryl methyl sites for hydroxylation is 1. The second-order valence-corrected chi connectivity index (χ2v) is 5.71. The van der Waals surface area contributed by atoms with Crippen molar-refractivity contribution in [3.05, 3.63) is 65.7 Å². The van der Waals surface area contributed by atoms with Crippen molar-refractivity contribution in [2.75, 3.05) is 0 Å². The average Bonchev–Trinajstić information content (AvgIpc) is 2.98. The van der Waals surface area contributed by atoms with Crippen molar-refractivity contribution in [3.63, 3.8) is 0 Å². The molecule has 6 nitrogen and oxygen atoms in total. The summed E-state index contributed by atoms with van der Waals surface area (Å²) in [6.45, 7) is 3.28. The Kier molecular flexibility index (Phi) is 4.88. The fourth-order valence-corrected chi connectivity index (χ4v) is 2.44. The van der Waals surface area contributed by atoms with E-state index < -0.39 is 23.7 Å². The molecule has 1 heterocycles. The van der Waals surface area contributed by atoms with Gasteiger partial charge in [-0.3, -0.25) is 20.4 Å². The number of carbonyl (C=O) groups is 2. The molecule has 2 amide bonds. The first-order valence-electron chi connectivity index (χ1n) is 7.96. The molecular formula is C19H17FN2O4. The van der Waals surface area contributed by atoms with Crippen LogP contribution in [0, 0.1) is 12.7 Å². The summed E-state index contributed by atoms with van der Waals surface area (Å²) in [6.07, 6.45) is -0.891. The van der Waals surface area contributed by atoms with Gasteiger partial charge in [-0.2, -0.15) is 0 Å². The lowest BCUT2D eigenvalue weighted by Crippen LogP contribution is -2.47. The van der Waals surface area contributed by atoms with Crippen molar-refractivity contribution < 1.29 is 23.1 Å². The molecule has 1 atom stereocenters. The monoisotopic (exact) mass is 356 g/mol. The Balaban J connectivity index is 1.60. The lowest BCUT2D eigenvalue weighted by Gasteiger charge is -2.14. The number of benzene rings is 2. The minimum atomic E-state index is -0.891. The number of halogens is 1. The molecule has 2 N–H and O–H groups in total. The first-order chi connectivity index (χ1) is 12.5. The van der Waals surface area contributed by atoms with Crippen molar-refractivity contribution in [3.8, 4) is 5.75 Å². The summed E-state index contributed by atoms with van der Waals surface area (Å²) in [4.78, 5) is 24.3. The maximum absolute atomic E-state index is 12.9. The van der Waals surface area contributed by atoms with E-state index in [9.17, 15) is 14.0 Å². The molecule has 0 bridgehead atoms. The number of para-hydroxylation sites is 1. The molecule has 0 spiro atoms. The van der Waals surface area contributed by atoms with Crippen LogP contribution in [0.2, 0.25) is 0 Å². The van der Waals surface area contributed by atoms with Crippen LogP contribution in [0.15, 0.2) is 52.9 Å². The molecule has 3 rings (SSSR count). The molecule has 0 radical (unpaired) electrons. The Labute approximate surface area is 148 Å². The van der Waals surface area contributed by atoms with Crippen molar-refractivity contribution >= 4 is 22.8 Å². The van der Waals surface area contributed by atoms with Crippen LogP contribution in [0.5, 0.6) is 5.75 Å². The lowest BCUT2D eigenvalue weighted by atomic mass is 10.1. The number of nitrogens with one attached hydrogen (secondary N) is 2. The van der Waals surface area contributed by atoms with E-state index in [1.165, 1.54) is 31.2 Å². The summed E-state index contributed by atoms with van der Waals surface area (Å²) in [5, 5.41) is 0.831. The molecular weight excluding hydrogens is 339 g/mol. The Morgan fingerprint density at radius 1 is 1.08 bits per heavy atom. The topological polar surface area (TPSA) is 80.6 Å². The van der Waals surface area contributed by atoms with Crippen LogP contribution in [0.1, 0.15) is 23.0 Å². The zero-order chi connectivity index (χ0) is 18.7. The second kappa shape index (κ2) is 7.26. The minimum absolute atomic E-state index is 0.124. The summed E-state index contributed by atoms with van der Waals surface area (Å²) in [5.74, 6) is -1.06. The molecule has 0 aliphatic rings. The van der Waals surface area contributed by atoms with E-state index in [0.717, 1.165) is 5.39 Å². The van der Waals surface area contributed by atoms with E-state index in [4.69, 9.17) is 9.15 Å². The maximum Gasteiger partial charge on any atom is 0.305 e. The molecule has 7 heteroatoms. The Morgan fingerprint density at radius 2 is 1.77 bits per heavy atom.